The first-order chi connectivity index (χ1) is 7.66. The first kappa shape index (κ1) is 10.7. The van der Waals surface area contributed by atoms with Gasteiger partial charge in [-0.3, -0.25) is 9.78 Å². The van der Waals surface area contributed by atoms with Gasteiger partial charge in [0, 0.05) is 30.0 Å². The summed E-state index contributed by atoms with van der Waals surface area (Å²) in [4.78, 5) is 0. The Morgan fingerprint density at radius 2 is 2.25 bits per heavy atom. The number of H-pyrrole nitrogens is 1. The van der Waals surface area contributed by atoms with Gasteiger partial charge in [-0.2, -0.15) is 10.2 Å². The van der Waals surface area contributed by atoms with E-state index in [1.54, 1.807) is 0 Å². The Hall–Kier alpha value is -1.78. The first-order valence-electron chi connectivity index (χ1n) is 5.43. The number of nitrogens with zero attached hydrogens (tertiary/aromatic N) is 3. The minimum atomic E-state index is 0.395. The predicted molar refractivity (Wildman–Crippen MR) is 63.3 cm³/mol. The minimum Gasteiger partial charge on any atom is -0.378 e. The Bertz CT molecular complexity index is 454. The predicted octanol–water partition coefficient (Wildman–Crippen LogP) is 2.11. The molecule has 2 aromatic heterocycles. The van der Waals surface area contributed by atoms with E-state index >= 15 is 0 Å². The molecule has 0 fully saturated rings. The molecule has 0 atom stereocenters. The molecule has 5 nitrogen and oxygen atoms in total. The number of aromatic amines is 1. The van der Waals surface area contributed by atoms with Crippen molar-refractivity contribution in [3.63, 3.8) is 0 Å². The molecule has 0 saturated carbocycles. The maximum absolute atomic E-state index is 4.27. The lowest BCUT2D eigenvalue weighted by Gasteiger charge is -2.04. The van der Waals surface area contributed by atoms with Crippen LogP contribution in [0.4, 0.5) is 5.69 Å². The smallest absolute Gasteiger partial charge is 0.0729 e. The van der Waals surface area contributed by atoms with Crippen molar-refractivity contribution in [2.24, 2.45) is 0 Å². The van der Waals surface area contributed by atoms with E-state index in [4.69, 9.17) is 0 Å². The van der Waals surface area contributed by atoms with E-state index in [9.17, 15) is 0 Å². The van der Waals surface area contributed by atoms with Crippen LogP contribution in [0.1, 0.15) is 31.1 Å². The van der Waals surface area contributed by atoms with Crippen LogP contribution in [-0.2, 0) is 6.54 Å². The molecule has 0 aromatic carbocycles. The van der Waals surface area contributed by atoms with Gasteiger partial charge in [-0.25, -0.2) is 0 Å². The summed E-state index contributed by atoms with van der Waals surface area (Å²) in [6, 6.07) is 0.395. The summed E-state index contributed by atoms with van der Waals surface area (Å²) < 4.78 is 1.94. The molecule has 0 spiro atoms. The monoisotopic (exact) mass is 219 g/mol. The molecule has 0 amide bonds. The van der Waals surface area contributed by atoms with Crippen molar-refractivity contribution in [3.8, 4) is 0 Å². The Labute approximate surface area is 94.9 Å². The maximum Gasteiger partial charge on any atom is 0.0729 e. The molecular weight excluding hydrogens is 202 g/mol. The standard InChI is InChI=1S/C11H17N5/c1-8(2)16-7-11(6-14-16)12-4-10-5-13-15-9(10)3/h5-8,12H,4H2,1-3H3,(H,13,15). The number of nitrogens with one attached hydrogen (secondary N) is 2. The summed E-state index contributed by atoms with van der Waals surface area (Å²) >= 11 is 0. The van der Waals surface area contributed by atoms with Crippen molar-refractivity contribution in [2.75, 3.05) is 5.32 Å². The molecule has 2 N–H and O–H groups in total. The number of rotatable bonds is 4. The molecule has 16 heavy (non-hydrogen) atoms. The Morgan fingerprint density at radius 1 is 1.44 bits per heavy atom. The lowest BCUT2D eigenvalue weighted by atomic mass is 10.2. The SMILES string of the molecule is Cc1[nH]ncc1CNc1cnn(C(C)C)c1. The van der Waals surface area contributed by atoms with Gasteiger partial charge < -0.3 is 5.32 Å². The van der Waals surface area contributed by atoms with E-state index in [1.807, 2.05) is 30.2 Å². The number of aromatic nitrogens is 4. The van der Waals surface area contributed by atoms with Crippen LogP contribution in [-0.4, -0.2) is 20.0 Å². The molecular formula is C11H17N5. The second-order valence-corrected chi connectivity index (χ2v) is 4.18. The zero-order valence-electron chi connectivity index (χ0n) is 9.86. The average Bonchev–Trinajstić information content (AvgIpc) is 2.83. The maximum atomic E-state index is 4.27. The van der Waals surface area contributed by atoms with Crippen molar-refractivity contribution >= 4 is 5.69 Å². The molecule has 2 rings (SSSR count). The van der Waals surface area contributed by atoms with Crippen molar-refractivity contribution in [1.29, 1.82) is 0 Å². The van der Waals surface area contributed by atoms with Crippen molar-refractivity contribution < 1.29 is 0 Å². The van der Waals surface area contributed by atoms with Gasteiger partial charge in [0.2, 0.25) is 0 Å². The molecule has 0 aliphatic rings. The van der Waals surface area contributed by atoms with Crippen LogP contribution < -0.4 is 5.32 Å². The van der Waals surface area contributed by atoms with Gasteiger partial charge in [-0.05, 0) is 20.8 Å². The number of hydrogen-bond donors (Lipinski definition) is 2. The highest BCUT2D eigenvalue weighted by Gasteiger charge is 2.03. The summed E-state index contributed by atoms with van der Waals surface area (Å²) in [6.45, 7) is 7.00. The fourth-order valence-electron chi connectivity index (χ4n) is 1.46. The van der Waals surface area contributed by atoms with Crippen LogP contribution in [0.3, 0.4) is 0 Å². The highest BCUT2D eigenvalue weighted by molar-refractivity contribution is 5.39. The molecule has 5 heteroatoms. The Kier molecular flexibility index (Phi) is 2.94. The highest BCUT2D eigenvalue weighted by Crippen LogP contribution is 2.12. The van der Waals surface area contributed by atoms with Gasteiger partial charge in [0.15, 0.2) is 0 Å². The summed E-state index contributed by atoms with van der Waals surface area (Å²) in [5.41, 5.74) is 3.32. The lowest BCUT2D eigenvalue weighted by molar-refractivity contribution is 0.532. The molecule has 0 bridgehead atoms. The van der Waals surface area contributed by atoms with Gasteiger partial charge in [0.05, 0.1) is 18.1 Å². The van der Waals surface area contributed by atoms with E-state index in [-0.39, 0.29) is 0 Å². The first-order valence-corrected chi connectivity index (χ1v) is 5.43. The third kappa shape index (κ3) is 2.24. The molecule has 0 aliphatic carbocycles. The van der Waals surface area contributed by atoms with Crippen molar-refractivity contribution in [3.05, 3.63) is 29.8 Å². The third-order valence-corrected chi connectivity index (χ3v) is 2.55. The quantitative estimate of drug-likeness (QED) is 0.828. The second-order valence-electron chi connectivity index (χ2n) is 4.18. The summed E-state index contributed by atoms with van der Waals surface area (Å²) in [7, 11) is 0. The average molecular weight is 219 g/mol. The zero-order chi connectivity index (χ0) is 11.5. The zero-order valence-corrected chi connectivity index (χ0v) is 9.86. The molecule has 0 saturated heterocycles. The molecule has 2 aromatic rings. The van der Waals surface area contributed by atoms with Gasteiger partial charge in [-0.15, -0.1) is 0 Å². The third-order valence-electron chi connectivity index (χ3n) is 2.55. The van der Waals surface area contributed by atoms with Crippen molar-refractivity contribution in [1.82, 2.24) is 20.0 Å². The summed E-state index contributed by atoms with van der Waals surface area (Å²) in [5.74, 6) is 0. The second kappa shape index (κ2) is 4.38. The van der Waals surface area contributed by atoms with Crippen LogP contribution in [0.5, 0.6) is 0 Å². The van der Waals surface area contributed by atoms with E-state index in [1.165, 1.54) is 5.56 Å². The number of anilines is 1. The fourth-order valence-corrected chi connectivity index (χ4v) is 1.46. The van der Waals surface area contributed by atoms with Gasteiger partial charge in [0.1, 0.15) is 0 Å². The van der Waals surface area contributed by atoms with E-state index < -0.39 is 0 Å². The van der Waals surface area contributed by atoms with Crippen LogP contribution in [0.2, 0.25) is 0 Å². The largest absolute Gasteiger partial charge is 0.378 e. The molecule has 86 valence electrons. The van der Waals surface area contributed by atoms with E-state index in [2.05, 4.69) is 34.5 Å². The Morgan fingerprint density at radius 3 is 2.81 bits per heavy atom. The van der Waals surface area contributed by atoms with Crippen molar-refractivity contribution in [2.45, 2.75) is 33.4 Å². The molecule has 0 unspecified atom stereocenters. The molecule has 0 aliphatic heterocycles. The lowest BCUT2D eigenvalue weighted by Crippen LogP contribution is -2.01. The summed E-state index contributed by atoms with van der Waals surface area (Å²) in [5, 5.41) is 14.5. The molecule has 0 radical (unpaired) electrons. The van der Waals surface area contributed by atoms with Gasteiger partial charge in [0.25, 0.3) is 0 Å². The van der Waals surface area contributed by atoms with Crippen LogP contribution in [0.15, 0.2) is 18.6 Å². The van der Waals surface area contributed by atoms with Crippen LogP contribution in [0.25, 0.3) is 0 Å². The minimum absolute atomic E-state index is 0.395. The number of aryl methyl sites for hydroxylation is 1. The van der Waals surface area contributed by atoms with Gasteiger partial charge >= 0.3 is 0 Å². The van der Waals surface area contributed by atoms with Crippen LogP contribution in [0, 0.1) is 6.92 Å². The van der Waals surface area contributed by atoms with Crippen LogP contribution >= 0.6 is 0 Å². The topological polar surface area (TPSA) is 58.5 Å². The highest BCUT2D eigenvalue weighted by atomic mass is 15.3. The fraction of sp³-hybridized carbons (Fsp3) is 0.455. The Balaban J connectivity index is 1.97. The van der Waals surface area contributed by atoms with E-state index in [0.29, 0.717) is 6.04 Å². The van der Waals surface area contributed by atoms with E-state index in [0.717, 1.165) is 17.9 Å². The number of hydrogen-bond acceptors (Lipinski definition) is 3. The van der Waals surface area contributed by atoms with Gasteiger partial charge in [-0.1, -0.05) is 0 Å². The molecule has 2 heterocycles. The summed E-state index contributed by atoms with van der Waals surface area (Å²) in [6.07, 6.45) is 5.70. The normalized spacial score (nSPS) is 11.0.